The monoisotopic (exact) mass is 353 g/mol. The van der Waals surface area contributed by atoms with Gasteiger partial charge in [-0.2, -0.15) is 4.31 Å². The van der Waals surface area contributed by atoms with Crippen LogP contribution in [0.2, 0.25) is 0 Å². The average molecular weight is 354 g/mol. The smallest absolute Gasteiger partial charge is 0.241 e. The molecule has 0 radical (unpaired) electrons. The molecule has 22 heavy (non-hydrogen) atoms. The number of carbonyl (C=O) groups is 1. The number of rotatable bonds is 4. The van der Waals surface area contributed by atoms with Gasteiger partial charge >= 0.3 is 0 Å². The van der Waals surface area contributed by atoms with Crippen LogP contribution in [0, 0.1) is 0 Å². The third-order valence-electron chi connectivity index (χ3n) is 4.21. The number of amides is 1. The molecular weight excluding hydrogens is 326 g/mol. The molecule has 0 saturated carbocycles. The molecule has 8 heteroatoms. The van der Waals surface area contributed by atoms with Crippen LogP contribution >= 0.6 is 12.4 Å². The van der Waals surface area contributed by atoms with Crippen LogP contribution < -0.4 is 5.32 Å². The normalized spacial score (nSPS) is 24.4. The van der Waals surface area contributed by atoms with E-state index in [4.69, 9.17) is 0 Å². The molecule has 0 aromatic carbocycles. The average Bonchev–Trinajstić information content (AvgIpc) is 2.75. The third-order valence-corrected chi connectivity index (χ3v) is 6.29. The van der Waals surface area contributed by atoms with Crippen molar-refractivity contribution in [3.8, 4) is 0 Å². The zero-order valence-electron chi connectivity index (χ0n) is 13.3. The lowest BCUT2D eigenvalue weighted by Crippen LogP contribution is -2.54. The fraction of sp³-hybridized carbons (Fsp3) is 0.929. The van der Waals surface area contributed by atoms with E-state index in [1.807, 2.05) is 11.8 Å². The summed E-state index contributed by atoms with van der Waals surface area (Å²) in [5.74, 6) is 0.135. The molecule has 1 atom stereocenters. The molecule has 1 N–H and O–H groups in total. The summed E-state index contributed by atoms with van der Waals surface area (Å²) in [4.78, 5) is 14.6. The van der Waals surface area contributed by atoms with Gasteiger partial charge in [0.05, 0.1) is 5.75 Å². The Bertz CT molecular complexity index is 450. The third kappa shape index (κ3) is 4.81. The van der Waals surface area contributed by atoms with Crippen LogP contribution in [-0.4, -0.2) is 68.0 Å². The number of carbonyl (C=O) groups excluding carboxylic acids is 1. The van der Waals surface area contributed by atoms with Crippen LogP contribution in [0.5, 0.6) is 0 Å². The van der Waals surface area contributed by atoms with Gasteiger partial charge < -0.3 is 10.2 Å². The van der Waals surface area contributed by atoms with Crippen molar-refractivity contribution in [1.29, 1.82) is 0 Å². The summed E-state index contributed by atoms with van der Waals surface area (Å²) in [5, 5.41) is 3.27. The van der Waals surface area contributed by atoms with Crippen LogP contribution in [0.3, 0.4) is 0 Å². The van der Waals surface area contributed by atoms with Crippen LogP contribution in [0.4, 0.5) is 0 Å². The van der Waals surface area contributed by atoms with E-state index in [0.717, 1.165) is 38.9 Å². The molecule has 0 aliphatic carbocycles. The highest BCUT2D eigenvalue weighted by Crippen LogP contribution is 2.23. The van der Waals surface area contributed by atoms with Gasteiger partial charge in [-0.25, -0.2) is 8.42 Å². The molecule has 2 fully saturated rings. The van der Waals surface area contributed by atoms with E-state index < -0.39 is 16.1 Å². The molecule has 2 rings (SSSR count). The Morgan fingerprint density at radius 1 is 1.14 bits per heavy atom. The molecule has 2 aliphatic heterocycles. The van der Waals surface area contributed by atoms with Gasteiger partial charge in [0.15, 0.2) is 0 Å². The lowest BCUT2D eigenvalue weighted by Gasteiger charge is -2.36. The second kappa shape index (κ2) is 9.05. The van der Waals surface area contributed by atoms with Crippen molar-refractivity contribution < 1.29 is 13.2 Å². The number of nitrogens with zero attached hydrogens (tertiary/aromatic N) is 2. The molecular formula is C14H28ClN3O3S. The fourth-order valence-corrected chi connectivity index (χ4v) is 4.88. The van der Waals surface area contributed by atoms with E-state index in [1.165, 1.54) is 4.31 Å². The standard InChI is InChI=1S/C14H27N3O3S.ClH/c1-2-12-21(19,20)17-10-4-3-6-13(17)14(18)16-9-5-7-15-8-11-16;/h13,15H,2-12H2,1H3;1H. The first-order valence-corrected chi connectivity index (χ1v) is 9.66. The van der Waals surface area contributed by atoms with Crippen molar-refractivity contribution in [2.45, 2.75) is 45.1 Å². The molecule has 1 amide bonds. The van der Waals surface area contributed by atoms with Crippen molar-refractivity contribution in [2.75, 3.05) is 38.5 Å². The number of hydrogen-bond donors (Lipinski definition) is 1. The van der Waals surface area contributed by atoms with Crippen molar-refractivity contribution >= 4 is 28.3 Å². The summed E-state index contributed by atoms with van der Waals surface area (Å²) in [7, 11) is -3.31. The molecule has 2 heterocycles. The molecule has 6 nitrogen and oxygen atoms in total. The van der Waals surface area contributed by atoms with Crippen LogP contribution in [0.25, 0.3) is 0 Å². The maximum atomic E-state index is 12.8. The molecule has 0 spiro atoms. The summed E-state index contributed by atoms with van der Waals surface area (Å²) in [6, 6.07) is -0.478. The van der Waals surface area contributed by atoms with Crippen molar-refractivity contribution in [1.82, 2.24) is 14.5 Å². The molecule has 0 bridgehead atoms. The number of sulfonamides is 1. The number of nitrogens with one attached hydrogen (secondary N) is 1. The van der Waals surface area contributed by atoms with Gasteiger partial charge in [0.1, 0.15) is 6.04 Å². The van der Waals surface area contributed by atoms with Gasteiger partial charge in [-0.3, -0.25) is 4.79 Å². The summed E-state index contributed by atoms with van der Waals surface area (Å²) in [5.41, 5.74) is 0. The minimum absolute atomic E-state index is 0. The van der Waals surface area contributed by atoms with Gasteiger partial charge in [0.25, 0.3) is 0 Å². The van der Waals surface area contributed by atoms with Crippen LogP contribution in [-0.2, 0) is 14.8 Å². The molecule has 2 aliphatic rings. The van der Waals surface area contributed by atoms with Gasteiger partial charge in [0.2, 0.25) is 15.9 Å². The Kier molecular flexibility index (Phi) is 8.10. The summed E-state index contributed by atoms with van der Waals surface area (Å²) >= 11 is 0. The quantitative estimate of drug-likeness (QED) is 0.812. The van der Waals surface area contributed by atoms with E-state index in [2.05, 4.69) is 5.32 Å². The summed E-state index contributed by atoms with van der Waals surface area (Å²) < 4.78 is 26.3. The summed E-state index contributed by atoms with van der Waals surface area (Å²) in [6.07, 6.45) is 3.97. The zero-order valence-corrected chi connectivity index (χ0v) is 14.9. The molecule has 130 valence electrons. The highest BCUT2D eigenvalue weighted by atomic mass is 35.5. The predicted molar refractivity (Wildman–Crippen MR) is 89.7 cm³/mol. The fourth-order valence-electron chi connectivity index (χ4n) is 3.14. The molecule has 0 aromatic heterocycles. The summed E-state index contributed by atoms with van der Waals surface area (Å²) in [6.45, 7) is 5.47. The van der Waals surface area contributed by atoms with Gasteiger partial charge in [-0.15, -0.1) is 12.4 Å². The number of piperidine rings is 1. The lowest BCUT2D eigenvalue weighted by molar-refractivity contribution is -0.136. The van der Waals surface area contributed by atoms with E-state index >= 15 is 0 Å². The van der Waals surface area contributed by atoms with Gasteiger partial charge in [-0.05, 0) is 32.2 Å². The molecule has 1 unspecified atom stereocenters. The first-order chi connectivity index (χ1) is 10.1. The Morgan fingerprint density at radius 2 is 1.91 bits per heavy atom. The van der Waals surface area contributed by atoms with Gasteiger partial charge in [0, 0.05) is 26.2 Å². The SMILES string of the molecule is CCCS(=O)(=O)N1CCCCC1C(=O)N1CCCNCC1.Cl. The van der Waals surface area contributed by atoms with E-state index in [9.17, 15) is 13.2 Å². The van der Waals surface area contributed by atoms with Crippen LogP contribution in [0.15, 0.2) is 0 Å². The van der Waals surface area contributed by atoms with E-state index in [-0.39, 0.29) is 24.1 Å². The lowest BCUT2D eigenvalue weighted by atomic mass is 10.0. The Morgan fingerprint density at radius 3 is 2.64 bits per heavy atom. The second-order valence-electron chi connectivity index (χ2n) is 5.87. The Labute approximate surface area is 140 Å². The largest absolute Gasteiger partial charge is 0.340 e. The highest BCUT2D eigenvalue weighted by Gasteiger charge is 2.38. The van der Waals surface area contributed by atoms with Gasteiger partial charge in [-0.1, -0.05) is 13.3 Å². The van der Waals surface area contributed by atoms with E-state index in [0.29, 0.717) is 25.9 Å². The van der Waals surface area contributed by atoms with E-state index in [1.54, 1.807) is 0 Å². The Balaban J connectivity index is 0.00000242. The zero-order chi connectivity index (χ0) is 15.3. The first-order valence-electron chi connectivity index (χ1n) is 8.05. The minimum Gasteiger partial charge on any atom is -0.340 e. The topological polar surface area (TPSA) is 69.7 Å². The van der Waals surface area contributed by atoms with Crippen molar-refractivity contribution in [2.24, 2.45) is 0 Å². The minimum atomic E-state index is -3.31. The van der Waals surface area contributed by atoms with Crippen molar-refractivity contribution in [3.05, 3.63) is 0 Å². The second-order valence-corrected chi connectivity index (χ2v) is 7.91. The predicted octanol–water partition coefficient (Wildman–Crippen LogP) is 0.824. The maximum Gasteiger partial charge on any atom is 0.241 e. The maximum absolute atomic E-state index is 12.8. The Hall–Kier alpha value is -0.370. The molecule has 0 aromatic rings. The highest BCUT2D eigenvalue weighted by molar-refractivity contribution is 7.89. The number of halogens is 1. The van der Waals surface area contributed by atoms with Crippen LogP contribution in [0.1, 0.15) is 39.0 Å². The molecule has 2 saturated heterocycles. The first kappa shape index (κ1) is 19.7. The van der Waals surface area contributed by atoms with Crippen molar-refractivity contribution in [3.63, 3.8) is 0 Å². The number of hydrogen-bond acceptors (Lipinski definition) is 4.